The number of pyridine rings is 1. The third kappa shape index (κ3) is 4.11. The van der Waals surface area contributed by atoms with Gasteiger partial charge in [0.2, 0.25) is 0 Å². The minimum absolute atomic E-state index is 0.0412. The first-order valence-corrected chi connectivity index (χ1v) is 8.55. The zero-order valence-corrected chi connectivity index (χ0v) is 14.7. The second kappa shape index (κ2) is 7.86. The molecule has 0 aliphatic carbocycles. The smallest absolute Gasteiger partial charge is 0.274 e. The Morgan fingerprint density at radius 3 is 2.50 bits per heavy atom. The zero-order chi connectivity index (χ0) is 18.5. The lowest BCUT2D eigenvalue weighted by Crippen LogP contribution is -2.32. The normalized spacial score (nSPS) is 13.6. The molecule has 2 heterocycles. The van der Waals surface area contributed by atoms with Gasteiger partial charge in [-0.2, -0.15) is 0 Å². The molecule has 1 aliphatic heterocycles. The molecule has 0 bridgehead atoms. The maximum Gasteiger partial charge on any atom is 0.274 e. The Bertz CT molecular complexity index is 822. The molecule has 1 atom stereocenters. The van der Waals surface area contributed by atoms with Crippen LogP contribution in [0.4, 0.5) is 5.69 Å². The third-order valence-electron chi connectivity index (χ3n) is 4.00. The van der Waals surface area contributed by atoms with Crippen molar-refractivity contribution in [3.8, 4) is 11.5 Å². The summed E-state index contributed by atoms with van der Waals surface area (Å²) in [7, 11) is 0. The van der Waals surface area contributed by atoms with Crippen LogP contribution in [-0.2, 0) is 0 Å². The van der Waals surface area contributed by atoms with Gasteiger partial charge in [0, 0.05) is 17.8 Å². The van der Waals surface area contributed by atoms with E-state index in [-0.39, 0.29) is 23.3 Å². The first kappa shape index (κ1) is 17.7. The molecule has 1 unspecified atom stereocenters. The van der Waals surface area contributed by atoms with Crippen LogP contribution >= 0.6 is 0 Å². The Hall–Kier alpha value is -3.09. The summed E-state index contributed by atoms with van der Waals surface area (Å²) >= 11 is 0. The van der Waals surface area contributed by atoms with Crippen molar-refractivity contribution in [1.29, 1.82) is 0 Å². The van der Waals surface area contributed by atoms with E-state index >= 15 is 0 Å². The maximum atomic E-state index is 12.5. The minimum atomic E-state index is -0.403. The zero-order valence-electron chi connectivity index (χ0n) is 14.7. The van der Waals surface area contributed by atoms with Gasteiger partial charge in [0.1, 0.15) is 24.6 Å². The number of rotatable bonds is 5. The number of hydrogen-bond acceptors (Lipinski definition) is 5. The predicted octanol–water partition coefficient (Wildman–Crippen LogP) is 2.63. The van der Waals surface area contributed by atoms with Crippen LogP contribution in [0, 0.1) is 0 Å². The quantitative estimate of drug-likeness (QED) is 0.861. The van der Waals surface area contributed by atoms with Crippen LogP contribution in [0.3, 0.4) is 0 Å². The largest absolute Gasteiger partial charge is 0.486 e. The highest BCUT2D eigenvalue weighted by Crippen LogP contribution is 2.32. The van der Waals surface area contributed by atoms with Crippen LogP contribution in [0.5, 0.6) is 11.5 Å². The average molecular weight is 355 g/mol. The van der Waals surface area contributed by atoms with Crippen LogP contribution in [0.2, 0.25) is 0 Å². The van der Waals surface area contributed by atoms with Gasteiger partial charge in [-0.3, -0.25) is 9.59 Å². The molecule has 0 radical (unpaired) electrons. The van der Waals surface area contributed by atoms with E-state index in [9.17, 15) is 9.59 Å². The summed E-state index contributed by atoms with van der Waals surface area (Å²) in [5.41, 5.74) is 0.937. The molecule has 136 valence electrons. The topological polar surface area (TPSA) is 89.6 Å². The van der Waals surface area contributed by atoms with Crippen molar-refractivity contribution in [3.63, 3.8) is 0 Å². The summed E-state index contributed by atoms with van der Waals surface area (Å²) < 4.78 is 11.0. The monoisotopic (exact) mass is 355 g/mol. The minimum Gasteiger partial charge on any atom is -0.486 e. The van der Waals surface area contributed by atoms with Gasteiger partial charge in [-0.25, -0.2) is 4.98 Å². The van der Waals surface area contributed by atoms with Gasteiger partial charge in [0.15, 0.2) is 11.5 Å². The molecule has 1 aromatic heterocycles. The first-order valence-electron chi connectivity index (χ1n) is 8.55. The number of hydrogen-bond donors (Lipinski definition) is 2. The lowest BCUT2D eigenvalue weighted by Gasteiger charge is -2.19. The van der Waals surface area contributed by atoms with Gasteiger partial charge < -0.3 is 20.1 Å². The van der Waals surface area contributed by atoms with Crippen LogP contribution < -0.4 is 20.1 Å². The first-order chi connectivity index (χ1) is 12.6. The molecule has 1 aromatic carbocycles. The molecule has 2 aromatic rings. The van der Waals surface area contributed by atoms with E-state index in [0.29, 0.717) is 30.4 Å². The Labute approximate surface area is 151 Å². The number of carbonyl (C=O) groups excluding carboxylic acids is 2. The van der Waals surface area contributed by atoms with Crippen LogP contribution in [0.25, 0.3) is 0 Å². The summed E-state index contributed by atoms with van der Waals surface area (Å²) in [4.78, 5) is 28.8. The van der Waals surface area contributed by atoms with Crippen molar-refractivity contribution in [2.45, 2.75) is 26.3 Å². The molecule has 2 N–H and O–H groups in total. The molecule has 26 heavy (non-hydrogen) atoms. The summed E-state index contributed by atoms with van der Waals surface area (Å²) in [5.74, 6) is 0.535. The molecular formula is C19H21N3O4. The molecule has 0 saturated carbocycles. The van der Waals surface area contributed by atoms with Gasteiger partial charge in [-0.15, -0.1) is 0 Å². The number of carbonyl (C=O) groups is 2. The van der Waals surface area contributed by atoms with E-state index < -0.39 is 5.91 Å². The molecule has 2 amide bonds. The number of anilines is 1. The SMILES string of the molecule is CCC(C)NC(=O)c1cccc(C(=O)Nc2ccc3c(c2)OCCO3)n1. The van der Waals surface area contributed by atoms with E-state index in [1.54, 1.807) is 36.4 Å². The Morgan fingerprint density at radius 1 is 1.08 bits per heavy atom. The van der Waals surface area contributed by atoms with Crippen LogP contribution in [0.1, 0.15) is 41.2 Å². The number of nitrogens with one attached hydrogen (secondary N) is 2. The van der Waals surface area contributed by atoms with E-state index in [2.05, 4.69) is 15.6 Å². The number of ether oxygens (including phenoxy) is 2. The summed E-state index contributed by atoms with van der Waals surface area (Å²) in [6.45, 7) is 4.87. The van der Waals surface area contributed by atoms with Gasteiger partial charge in [0.05, 0.1) is 0 Å². The van der Waals surface area contributed by atoms with E-state index in [1.165, 1.54) is 0 Å². The Balaban J connectivity index is 1.72. The second-order valence-electron chi connectivity index (χ2n) is 6.00. The second-order valence-corrected chi connectivity index (χ2v) is 6.00. The molecule has 0 saturated heterocycles. The Morgan fingerprint density at radius 2 is 1.77 bits per heavy atom. The highest BCUT2D eigenvalue weighted by Gasteiger charge is 2.16. The lowest BCUT2D eigenvalue weighted by atomic mass is 10.2. The molecule has 0 spiro atoms. The van der Waals surface area contributed by atoms with Crippen LogP contribution in [0.15, 0.2) is 36.4 Å². The highest BCUT2D eigenvalue weighted by atomic mass is 16.6. The highest BCUT2D eigenvalue weighted by molar-refractivity contribution is 6.04. The standard InChI is InChI=1S/C19H21N3O4/c1-3-12(2)20-18(23)14-5-4-6-15(22-14)19(24)21-13-7-8-16-17(11-13)26-10-9-25-16/h4-8,11-12H,3,9-10H2,1-2H3,(H,20,23)(H,21,24). The molecule has 7 nitrogen and oxygen atoms in total. The number of benzene rings is 1. The average Bonchev–Trinajstić information content (AvgIpc) is 2.67. The third-order valence-corrected chi connectivity index (χ3v) is 4.00. The van der Waals surface area contributed by atoms with Crippen LogP contribution in [-0.4, -0.2) is 36.1 Å². The van der Waals surface area contributed by atoms with Gasteiger partial charge >= 0.3 is 0 Å². The van der Waals surface area contributed by atoms with Crippen molar-refractivity contribution >= 4 is 17.5 Å². The van der Waals surface area contributed by atoms with Gasteiger partial charge in [-0.1, -0.05) is 13.0 Å². The Kier molecular flexibility index (Phi) is 5.36. The van der Waals surface area contributed by atoms with Crippen molar-refractivity contribution < 1.29 is 19.1 Å². The summed E-state index contributed by atoms with van der Waals surface area (Å²) in [6, 6.07) is 9.99. The van der Waals surface area contributed by atoms with E-state index in [1.807, 2.05) is 13.8 Å². The molecule has 7 heteroatoms. The molecule has 0 fully saturated rings. The van der Waals surface area contributed by atoms with Crippen molar-refractivity contribution in [3.05, 3.63) is 47.8 Å². The fourth-order valence-corrected chi connectivity index (χ4v) is 2.40. The predicted molar refractivity (Wildman–Crippen MR) is 96.8 cm³/mol. The number of amides is 2. The summed E-state index contributed by atoms with van der Waals surface area (Å²) in [5, 5.41) is 5.59. The van der Waals surface area contributed by atoms with Crippen molar-refractivity contribution in [2.75, 3.05) is 18.5 Å². The molecule has 3 rings (SSSR count). The molecular weight excluding hydrogens is 334 g/mol. The van der Waals surface area contributed by atoms with Gasteiger partial charge in [0.25, 0.3) is 11.8 Å². The van der Waals surface area contributed by atoms with Gasteiger partial charge in [-0.05, 0) is 37.6 Å². The lowest BCUT2D eigenvalue weighted by molar-refractivity contribution is 0.0934. The molecule has 1 aliphatic rings. The number of nitrogens with zero attached hydrogens (tertiary/aromatic N) is 1. The van der Waals surface area contributed by atoms with E-state index in [4.69, 9.17) is 9.47 Å². The van der Waals surface area contributed by atoms with Crippen molar-refractivity contribution in [2.24, 2.45) is 0 Å². The maximum absolute atomic E-state index is 12.5. The van der Waals surface area contributed by atoms with Crippen molar-refractivity contribution in [1.82, 2.24) is 10.3 Å². The van der Waals surface area contributed by atoms with E-state index in [0.717, 1.165) is 6.42 Å². The fraction of sp³-hybridized carbons (Fsp3) is 0.316. The fourth-order valence-electron chi connectivity index (χ4n) is 2.40. The number of fused-ring (bicyclic) bond motifs is 1. The summed E-state index contributed by atoms with van der Waals surface area (Å²) in [6.07, 6.45) is 0.816. The number of aromatic nitrogens is 1.